The van der Waals surface area contributed by atoms with E-state index in [1.54, 1.807) is 24.3 Å². The molecule has 1 amide bonds. The third kappa shape index (κ3) is 3.23. The topological polar surface area (TPSA) is 46.2 Å². The maximum absolute atomic E-state index is 11.4. The molecule has 1 aromatic rings. The summed E-state index contributed by atoms with van der Waals surface area (Å²) in [5.74, 6) is -0.318. The number of carbonyl (C=O) groups is 2. The Morgan fingerprint density at radius 1 is 1.21 bits per heavy atom. The molecule has 14 heavy (non-hydrogen) atoms. The van der Waals surface area contributed by atoms with Gasteiger partial charge in [0.15, 0.2) is 5.78 Å². The Kier molecular flexibility index (Phi) is 3.61. The first kappa shape index (κ1) is 10.2. The summed E-state index contributed by atoms with van der Waals surface area (Å²) in [5, 5.41) is 2.49. The third-order valence-electron chi connectivity index (χ3n) is 1.57. The Bertz CT molecular complexity index is 355. The van der Waals surface area contributed by atoms with Gasteiger partial charge in [0.05, 0.1) is 0 Å². The van der Waals surface area contributed by atoms with Crippen LogP contribution in [0.1, 0.15) is 17.3 Å². The van der Waals surface area contributed by atoms with Crippen molar-refractivity contribution in [2.75, 3.05) is 0 Å². The molecule has 0 radical (unpaired) electrons. The van der Waals surface area contributed by atoms with Crippen molar-refractivity contribution in [3.05, 3.63) is 48.2 Å². The second-order valence-electron chi connectivity index (χ2n) is 2.78. The van der Waals surface area contributed by atoms with Crippen molar-refractivity contribution < 1.29 is 9.59 Å². The number of hydrogen-bond donors (Lipinski definition) is 1. The van der Waals surface area contributed by atoms with Crippen molar-refractivity contribution in [2.45, 2.75) is 6.92 Å². The molecule has 0 bridgehead atoms. The number of ketones is 1. The van der Waals surface area contributed by atoms with E-state index >= 15 is 0 Å². The molecule has 0 aliphatic heterocycles. The van der Waals surface area contributed by atoms with Gasteiger partial charge in [-0.1, -0.05) is 18.2 Å². The van der Waals surface area contributed by atoms with Crippen LogP contribution in [0.25, 0.3) is 0 Å². The first-order chi connectivity index (χ1) is 6.70. The molecule has 3 heteroatoms. The van der Waals surface area contributed by atoms with Crippen LogP contribution in [0.2, 0.25) is 0 Å². The van der Waals surface area contributed by atoms with Gasteiger partial charge in [0.25, 0.3) is 5.91 Å². The van der Waals surface area contributed by atoms with Crippen molar-refractivity contribution >= 4 is 11.7 Å². The molecule has 0 atom stereocenters. The molecule has 0 aliphatic carbocycles. The average Bonchev–Trinajstić information content (AvgIpc) is 2.18. The first-order valence-electron chi connectivity index (χ1n) is 4.23. The molecule has 1 N–H and O–H groups in total. The molecule has 0 heterocycles. The molecule has 1 aromatic carbocycles. The predicted molar refractivity (Wildman–Crippen MR) is 53.7 cm³/mol. The summed E-state index contributed by atoms with van der Waals surface area (Å²) in [6.45, 7) is 1.42. The number of rotatable bonds is 3. The van der Waals surface area contributed by atoms with Crippen LogP contribution in [0, 0.1) is 0 Å². The molecule has 0 spiro atoms. The third-order valence-corrected chi connectivity index (χ3v) is 1.57. The number of hydrogen-bond acceptors (Lipinski definition) is 2. The zero-order valence-electron chi connectivity index (χ0n) is 7.86. The van der Waals surface area contributed by atoms with Crippen LogP contribution < -0.4 is 5.32 Å². The van der Waals surface area contributed by atoms with E-state index in [0.717, 1.165) is 0 Å². The number of nitrogens with one attached hydrogen (secondary N) is 1. The number of allylic oxidation sites excluding steroid dienone is 1. The summed E-state index contributed by atoms with van der Waals surface area (Å²) in [5.41, 5.74) is 0.570. The monoisotopic (exact) mass is 189 g/mol. The highest BCUT2D eigenvalue weighted by Gasteiger charge is 2.00. The van der Waals surface area contributed by atoms with E-state index in [0.29, 0.717) is 5.56 Å². The second-order valence-corrected chi connectivity index (χ2v) is 2.78. The number of benzene rings is 1. The molecular formula is C11H11NO2. The van der Waals surface area contributed by atoms with Gasteiger partial charge in [0, 0.05) is 11.8 Å². The van der Waals surface area contributed by atoms with Gasteiger partial charge in [0.1, 0.15) is 0 Å². The molecule has 0 unspecified atom stereocenters. The minimum absolute atomic E-state index is 0.0987. The van der Waals surface area contributed by atoms with E-state index in [4.69, 9.17) is 0 Å². The van der Waals surface area contributed by atoms with E-state index in [-0.39, 0.29) is 11.7 Å². The van der Waals surface area contributed by atoms with Gasteiger partial charge in [0.2, 0.25) is 0 Å². The summed E-state index contributed by atoms with van der Waals surface area (Å²) in [6, 6.07) is 8.81. The smallest absolute Gasteiger partial charge is 0.255 e. The Morgan fingerprint density at radius 3 is 2.43 bits per heavy atom. The Hall–Kier alpha value is -1.90. The molecule has 0 saturated heterocycles. The van der Waals surface area contributed by atoms with Crippen LogP contribution in [0.5, 0.6) is 0 Å². The van der Waals surface area contributed by atoms with Crippen molar-refractivity contribution in [1.29, 1.82) is 0 Å². The Balaban J connectivity index is 2.56. The maximum atomic E-state index is 11.4. The van der Waals surface area contributed by atoms with E-state index in [9.17, 15) is 9.59 Å². The molecule has 0 aromatic heterocycles. The highest BCUT2D eigenvalue weighted by molar-refractivity contribution is 5.95. The fraction of sp³-hybridized carbons (Fsp3) is 0.0909. The van der Waals surface area contributed by atoms with Crippen molar-refractivity contribution in [3.63, 3.8) is 0 Å². The predicted octanol–water partition coefficient (Wildman–Crippen LogP) is 1.52. The van der Waals surface area contributed by atoms with E-state index in [2.05, 4.69) is 5.32 Å². The molecule has 1 rings (SSSR count). The van der Waals surface area contributed by atoms with Crippen molar-refractivity contribution in [3.8, 4) is 0 Å². The maximum Gasteiger partial charge on any atom is 0.255 e. The molecule has 0 saturated carbocycles. The summed E-state index contributed by atoms with van der Waals surface area (Å²) < 4.78 is 0. The molecular weight excluding hydrogens is 178 g/mol. The van der Waals surface area contributed by atoms with Gasteiger partial charge in [-0.25, -0.2) is 0 Å². The quantitative estimate of drug-likeness (QED) is 0.733. The minimum Gasteiger partial charge on any atom is -0.328 e. The van der Waals surface area contributed by atoms with Crippen molar-refractivity contribution in [1.82, 2.24) is 5.32 Å². The fourth-order valence-electron chi connectivity index (χ4n) is 0.908. The summed E-state index contributed by atoms with van der Waals surface area (Å²) in [6.07, 6.45) is 2.65. The summed E-state index contributed by atoms with van der Waals surface area (Å²) >= 11 is 0. The lowest BCUT2D eigenvalue weighted by Gasteiger charge is -1.98. The summed E-state index contributed by atoms with van der Waals surface area (Å²) in [4.78, 5) is 21.9. The van der Waals surface area contributed by atoms with E-state index in [1.165, 1.54) is 19.2 Å². The van der Waals surface area contributed by atoms with Crippen LogP contribution in [-0.4, -0.2) is 11.7 Å². The SMILES string of the molecule is CC(=O)/C=C/NC(=O)c1ccccc1. The largest absolute Gasteiger partial charge is 0.328 e. The van der Waals surface area contributed by atoms with Crippen LogP contribution in [0.4, 0.5) is 0 Å². The number of amides is 1. The Labute approximate surface area is 82.4 Å². The van der Waals surface area contributed by atoms with E-state index < -0.39 is 0 Å². The molecule has 72 valence electrons. The lowest BCUT2D eigenvalue weighted by Crippen LogP contribution is -2.16. The lowest BCUT2D eigenvalue weighted by molar-refractivity contribution is -0.112. The first-order valence-corrected chi connectivity index (χ1v) is 4.23. The molecule has 3 nitrogen and oxygen atoms in total. The molecule has 0 fully saturated rings. The van der Waals surface area contributed by atoms with E-state index in [1.807, 2.05) is 6.07 Å². The zero-order valence-corrected chi connectivity index (χ0v) is 7.86. The average molecular weight is 189 g/mol. The van der Waals surface area contributed by atoms with Crippen LogP contribution in [0.15, 0.2) is 42.6 Å². The van der Waals surface area contributed by atoms with Gasteiger partial charge in [-0.15, -0.1) is 0 Å². The highest BCUT2D eigenvalue weighted by atomic mass is 16.1. The Morgan fingerprint density at radius 2 is 1.86 bits per heavy atom. The van der Waals surface area contributed by atoms with Crippen LogP contribution in [0.3, 0.4) is 0 Å². The highest BCUT2D eigenvalue weighted by Crippen LogP contribution is 1.97. The van der Waals surface area contributed by atoms with Gasteiger partial charge >= 0.3 is 0 Å². The van der Waals surface area contributed by atoms with Crippen molar-refractivity contribution in [2.24, 2.45) is 0 Å². The van der Waals surface area contributed by atoms with Crippen LogP contribution >= 0.6 is 0 Å². The molecule has 0 aliphatic rings. The van der Waals surface area contributed by atoms with Gasteiger partial charge in [-0.05, 0) is 25.1 Å². The number of carbonyl (C=O) groups excluding carboxylic acids is 2. The summed E-state index contributed by atoms with van der Waals surface area (Å²) in [7, 11) is 0. The minimum atomic E-state index is -0.219. The normalized spacial score (nSPS) is 10.1. The van der Waals surface area contributed by atoms with Crippen LogP contribution in [-0.2, 0) is 4.79 Å². The zero-order chi connectivity index (χ0) is 10.4. The lowest BCUT2D eigenvalue weighted by atomic mass is 10.2. The van der Waals surface area contributed by atoms with Gasteiger partial charge in [-0.3, -0.25) is 9.59 Å². The second kappa shape index (κ2) is 4.97. The standard InChI is InChI=1S/C11H11NO2/c1-9(13)7-8-12-11(14)10-5-3-2-4-6-10/h2-8H,1H3,(H,12,14)/b8-7+. The van der Waals surface area contributed by atoms with Gasteiger partial charge < -0.3 is 5.32 Å². The fourth-order valence-corrected chi connectivity index (χ4v) is 0.908. The van der Waals surface area contributed by atoms with Gasteiger partial charge in [-0.2, -0.15) is 0 Å².